The van der Waals surface area contributed by atoms with E-state index in [1.807, 2.05) is 36.4 Å². The summed E-state index contributed by atoms with van der Waals surface area (Å²) in [4.78, 5) is 18.0. The Morgan fingerprint density at radius 1 is 1.04 bits per heavy atom. The van der Waals surface area contributed by atoms with Crippen LogP contribution in [-0.2, 0) is 4.79 Å². The third-order valence-electron chi connectivity index (χ3n) is 5.43. The number of hydrogen-bond acceptors (Lipinski definition) is 3. The minimum atomic E-state index is -0.126. The smallest absolute Gasteiger partial charge is 0.209 e. The maximum atomic E-state index is 13.2. The fourth-order valence-corrected chi connectivity index (χ4v) is 4.37. The summed E-state index contributed by atoms with van der Waals surface area (Å²) in [5.41, 5.74) is 5.02. The predicted octanol–water partition coefficient (Wildman–Crippen LogP) is 4.69. The third kappa shape index (κ3) is 2.22. The zero-order valence-electron chi connectivity index (χ0n) is 15.0. The molecule has 1 atom stereocenters. The number of nitrogens with one attached hydrogen (secondary N) is 1. The monoisotopic (exact) mass is 343 g/mol. The molecule has 0 bridgehead atoms. The highest BCUT2D eigenvalue weighted by Gasteiger charge is 2.41. The fourth-order valence-electron chi connectivity index (χ4n) is 4.37. The Kier molecular flexibility index (Phi) is 3.14. The second-order valence-electron chi connectivity index (χ2n) is 8.07. The van der Waals surface area contributed by atoms with Gasteiger partial charge in [0.1, 0.15) is 0 Å². The highest BCUT2D eigenvalue weighted by molar-refractivity contribution is 6.00. The molecule has 1 aromatic heterocycles. The van der Waals surface area contributed by atoms with Crippen LogP contribution >= 0.6 is 0 Å². The number of carbonyl (C=O) groups excluding carboxylic acids is 1. The summed E-state index contributed by atoms with van der Waals surface area (Å²) in [6.45, 7) is 4.32. The fraction of sp³-hybridized carbons (Fsp3) is 0.273. The van der Waals surface area contributed by atoms with E-state index in [0.29, 0.717) is 6.42 Å². The molecule has 130 valence electrons. The molecule has 0 saturated heterocycles. The first-order valence-corrected chi connectivity index (χ1v) is 9.09. The normalized spacial score (nSPS) is 21.3. The molecule has 2 aliphatic rings. The van der Waals surface area contributed by atoms with Gasteiger partial charge in [0.25, 0.3) is 0 Å². The van der Waals surface area contributed by atoms with Gasteiger partial charge in [-0.25, -0.2) is 4.98 Å². The molecule has 0 radical (unpaired) electrons. The third-order valence-corrected chi connectivity index (χ3v) is 5.43. The van der Waals surface area contributed by atoms with Gasteiger partial charge in [-0.3, -0.25) is 9.36 Å². The first-order chi connectivity index (χ1) is 12.5. The molecule has 1 aliphatic carbocycles. The molecule has 0 saturated carbocycles. The van der Waals surface area contributed by atoms with E-state index < -0.39 is 0 Å². The van der Waals surface area contributed by atoms with E-state index in [1.54, 1.807) is 0 Å². The topological polar surface area (TPSA) is 46.9 Å². The van der Waals surface area contributed by atoms with E-state index in [2.05, 4.69) is 41.9 Å². The van der Waals surface area contributed by atoms with E-state index in [4.69, 9.17) is 4.98 Å². The van der Waals surface area contributed by atoms with Gasteiger partial charge in [0, 0.05) is 17.7 Å². The summed E-state index contributed by atoms with van der Waals surface area (Å²) in [6.07, 6.45) is 1.44. The zero-order chi connectivity index (χ0) is 17.9. The quantitative estimate of drug-likeness (QED) is 0.697. The molecule has 4 nitrogen and oxygen atoms in total. The number of ketones is 1. The standard InChI is InChI=1S/C22H21N3O/c1-22(2)12-16-19(18(26)13-22)20(14-8-4-3-5-9-14)25-17-11-7-6-10-15(17)23-21(25)24-16/h3-11,20H,12-13H2,1-2H3,(H,23,24)/t20-/m0/s1. The van der Waals surface area contributed by atoms with Crippen LogP contribution in [0.15, 0.2) is 65.9 Å². The van der Waals surface area contributed by atoms with Gasteiger partial charge in [-0.15, -0.1) is 0 Å². The number of fused-ring (bicyclic) bond motifs is 3. The van der Waals surface area contributed by atoms with Gasteiger partial charge in [0.05, 0.1) is 17.1 Å². The Hall–Kier alpha value is -2.88. The van der Waals surface area contributed by atoms with Gasteiger partial charge >= 0.3 is 0 Å². The van der Waals surface area contributed by atoms with E-state index in [-0.39, 0.29) is 17.2 Å². The molecule has 26 heavy (non-hydrogen) atoms. The summed E-state index contributed by atoms with van der Waals surface area (Å²) in [5.74, 6) is 1.06. The van der Waals surface area contributed by atoms with Gasteiger partial charge in [-0.1, -0.05) is 56.3 Å². The van der Waals surface area contributed by atoms with Crippen molar-refractivity contribution in [1.82, 2.24) is 9.55 Å². The van der Waals surface area contributed by atoms with Gasteiger partial charge in [0.2, 0.25) is 5.95 Å². The van der Waals surface area contributed by atoms with E-state index >= 15 is 0 Å². The van der Waals surface area contributed by atoms with Crippen LogP contribution in [0.1, 0.15) is 38.3 Å². The molecule has 5 rings (SSSR count). The number of para-hydroxylation sites is 2. The van der Waals surface area contributed by atoms with Gasteiger partial charge in [-0.05, 0) is 29.5 Å². The number of allylic oxidation sites excluding steroid dienone is 2. The molecular weight excluding hydrogens is 322 g/mol. The second kappa shape index (κ2) is 5.31. The molecule has 4 heteroatoms. The van der Waals surface area contributed by atoms with Crippen LogP contribution in [0.4, 0.5) is 5.95 Å². The number of imidazole rings is 1. The number of carbonyl (C=O) groups is 1. The maximum Gasteiger partial charge on any atom is 0.209 e. The van der Waals surface area contributed by atoms with Crippen molar-refractivity contribution in [3.63, 3.8) is 0 Å². The van der Waals surface area contributed by atoms with Crippen molar-refractivity contribution in [2.75, 3.05) is 5.32 Å². The van der Waals surface area contributed by atoms with Crippen molar-refractivity contribution in [2.45, 2.75) is 32.7 Å². The lowest BCUT2D eigenvalue weighted by Gasteiger charge is -2.39. The highest BCUT2D eigenvalue weighted by atomic mass is 16.1. The highest BCUT2D eigenvalue weighted by Crippen LogP contribution is 2.46. The minimum absolute atomic E-state index is 0.0294. The van der Waals surface area contributed by atoms with Gasteiger partial charge < -0.3 is 5.32 Å². The second-order valence-corrected chi connectivity index (χ2v) is 8.07. The van der Waals surface area contributed by atoms with Crippen LogP contribution < -0.4 is 5.32 Å². The predicted molar refractivity (Wildman–Crippen MR) is 103 cm³/mol. The van der Waals surface area contributed by atoms with Crippen LogP contribution in [0.2, 0.25) is 0 Å². The molecule has 0 amide bonds. The lowest BCUT2D eigenvalue weighted by molar-refractivity contribution is -0.118. The van der Waals surface area contributed by atoms with Gasteiger partial charge in [-0.2, -0.15) is 0 Å². The molecule has 1 aliphatic heterocycles. The summed E-state index contributed by atoms with van der Waals surface area (Å²) in [7, 11) is 0. The Labute approximate surface area is 152 Å². The number of rotatable bonds is 1. The number of aromatic nitrogens is 2. The first kappa shape index (κ1) is 15.4. The number of hydrogen-bond donors (Lipinski definition) is 1. The SMILES string of the molecule is CC1(C)CC(=O)C2=C(C1)Nc1nc3ccccc3n1[C@H]2c1ccccc1. The van der Waals surface area contributed by atoms with Crippen LogP contribution in [0.3, 0.4) is 0 Å². The average molecular weight is 343 g/mol. The lowest BCUT2D eigenvalue weighted by atomic mass is 9.73. The molecule has 1 N–H and O–H groups in total. The Balaban J connectivity index is 1.80. The average Bonchev–Trinajstić information content (AvgIpc) is 2.97. The van der Waals surface area contributed by atoms with Crippen LogP contribution in [-0.4, -0.2) is 15.3 Å². The van der Waals surface area contributed by atoms with Crippen molar-refractivity contribution in [2.24, 2.45) is 5.41 Å². The van der Waals surface area contributed by atoms with Crippen molar-refractivity contribution in [3.8, 4) is 0 Å². The summed E-state index contributed by atoms with van der Waals surface area (Å²) in [6, 6.07) is 18.3. The summed E-state index contributed by atoms with van der Waals surface area (Å²) in [5, 5.41) is 3.48. The largest absolute Gasteiger partial charge is 0.329 e. The molecule has 0 spiro atoms. The molecule has 2 aromatic carbocycles. The molecule has 2 heterocycles. The number of Topliss-reactive ketones (excluding diaryl/α,β-unsaturated/α-hetero) is 1. The van der Waals surface area contributed by atoms with Crippen molar-refractivity contribution >= 4 is 22.8 Å². The molecule has 0 unspecified atom stereocenters. The molecule has 3 aromatic rings. The van der Waals surface area contributed by atoms with E-state index in [9.17, 15) is 4.79 Å². The number of nitrogens with zero attached hydrogens (tertiary/aromatic N) is 2. The minimum Gasteiger partial charge on any atom is -0.329 e. The van der Waals surface area contributed by atoms with Crippen molar-refractivity contribution in [1.29, 1.82) is 0 Å². The molecular formula is C22H21N3O. The Bertz CT molecular complexity index is 1060. The number of benzene rings is 2. The Morgan fingerprint density at radius 3 is 2.58 bits per heavy atom. The van der Waals surface area contributed by atoms with Crippen molar-refractivity contribution in [3.05, 3.63) is 71.4 Å². The summed E-state index contributed by atoms with van der Waals surface area (Å²) < 4.78 is 2.18. The maximum absolute atomic E-state index is 13.2. The Morgan fingerprint density at radius 2 is 1.77 bits per heavy atom. The van der Waals surface area contributed by atoms with Gasteiger partial charge in [0.15, 0.2) is 5.78 Å². The van der Waals surface area contributed by atoms with Crippen LogP contribution in [0.5, 0.6) is 0 Å². The molecule has 0 fully saturated rings. The number of anilines is 1. The van der Waals surface area contributed by atoms with Crippen molar-refractivity contribution < 1.29 is 4.79 Å². The van der Waals surface area contributed by atoms with E-state index in [1.165, 1.54) is 0 Å². The summed E-state index contributed by atoms with van der Waals surface area (Å²) >= 11 is 0. The van der Waals surface area contributed by atoms with Crippen LogP contribution in [0, 0.1) is 5.41 Å². The zero-order valence-corrected chi connectivity index (χ0v) is 15.0. The van der Waals surface area contributed by atoms with E-state index in [0.717, 1.165) is 40.2 Å². The first-order valence-electron chi connectivity index (χ1n) is 9.09. The van der Waals surface area contributed by atoms with Crippen LogP contribution in [0.25, 0.3) is 11.0 Å². The lowest BCUT2D eigenvalue weighted by Crippen LogP contribution is -2.36.